The number of hydrogen-bond acceptors (Lipinski definition) is 3. The minimum absolute atomic E-state index is 0.249. The van der Waals surface area contributed by atoms with Crippen molar-refractivity contribution in [1.82, 2.24) is 15.1 Å². The van der Waals surface area contributed by atoms with Crippen LogP contribution in [0.3, 0.4) is 0 Å². The molecule has 2 aliphatic rings. The summed E-state index contributed by atoms with van der Waals surface area (Å²) in [5, 5.41) is 2.91. The minimum atomic E-state index is 0.249. The van der Waals surface area contributed by atoms with E-state index in [0.717, 1.165) is 26.2 Å². The molecule has 2 aliphatic heterocycles. The fraction of sp³-hybridized carbons (Fsp3) is 0.900. The van der Waals surface area contributed by atoms with Gasteiger partial charge < -0.3 is 15.1 Å². The topological polar surface area (TPSA) is 35.6 Å². The molecule has 1 N–H and O–H groups in total. The first-order valence-electron chi connectivity index (χ1n) is 5.26. The Hall–Kier alpha value is -0.610. The van der Waals surface area contributed by atoms with Gasteiger partial charge in [0.25, 0.3) is 0 Å². The second kappa shape index (κ2) is 3.51. The summed E-state index contributed by atoms with van der Waals surface area (Å²) in [7, 11) is 3.96. The molecule has 0 bridgehead atoms. The van der Waals surface area contributed by atoms with Crippen molar-refractivity contribution in [3.8, 4) is 0 Å². The maximum Gasteiger partial charge on any atom is 0.236 e. The summed E-state index contributed by atoms with van der Waals surface area (Å²) in [4.78, 5) is 15.9. The minimum Gasteiger partial charge on any atom is -0.341 e. The van der Waals surface area contributed by atoms with E-state index in [1.807, 2.05) is 11.9 Å². The Balaban J connectivity index is 1.86. The number of carbonyl (C=O) groups excluding carboxylic acids is 1. The number of amides is 1. The van der Waals surface area contributed by atoms with Crippen LogP contribution in [-0.4, -0.2) is 62.5 Å². The number of nitrogens with zero attached hydrogens (tertiary/aromatic N) is 2. The Morgan fingerprint density at radius 3 is 2.71 bits per heavy atom. The van der Waals surface area contributed by atoms with Crippen LogP contribution in [0.5, 0.6) is 0 Å². The van der Waals surface area contributed by atoms with Crippen molar-refractivity contribution >= 4 is 5.91 Å². The third kappa shape index (κ3) is 1.64. The fourth-order valence-corrected chi connectivity index (χ4v) is 2.77. The normalized spacial score (nSPS) is 25.4. The second-order valence-corrected chi connectivity index (χ2v) is 4.77. The zero-order valence-corrected chi connectivity index (χ0v) is 9.05. The number of hydrogen-bond donors (Lipinski definition) is 1. The molecule has 2 heterocycles. The molecular weight excluding hydrogens is 178 g/mol. The first kappa shape index (κ1) is 9.93. The predicted molar refractivity (Wildman–Crippen MR) is 55.1 cm³/mol. The van der Waals surface area contributed by atoms with Crippen LogP contribution >= 0.6 is 0 Å². The van der Waals surface area contributed by atoms with E-state index in [0.29, 0.717) is 12.0 Å². The largest absolute Gasteiger partial charge is 0.341 e. The highest BCUT2D eigenvalue weighted by Gasteiger charge is 2.46. The lowest BCUT2D eigenvalue weighted by atomic mass is 9.79. The van der Waals surface area contributed by atoms with Crippen molar-refractivity contribution in [2.45, 2.75) is 6.42 Å². The Bertz CT molecular complexity index is 236. The Kier molecular flexibility index (Phi) is 2.49. The molecule has 0 aliphatic carbocycles. The van der Waals surface area contributed by atoms with Gasteiger partial charge in [-0.1, -0.05) is 0 Å². The van der Waals surface area contributed by atoms with Crippen molar-refractivity contribution < 1.29 is 4.79 Å². The molecule has 4 heteroatoms. The summed E-state index contributed by atoms with van der Waals surface area (Å²) in [5.41, 5.74) is 0.443. The lowest BCUT2D eigenvalue weighted by Gasteiger charge is -2.46. The summed E-state index contributed by atoms with van der Waals surface area (Å²) in [6.07, 6.45) is 1.19. The first-order chi connectivity index (χ1) is 6.65. The highest BCUT2D eigenvalue weighted by atomic mass is 16.2. The molecule has 0 aromatic rings. The Labute approximate surface area is 85.2 Å². The second-order valence-electron chi connectivity index (χ2n) is 4.77. The van der Waals surface area contributed by atoms with Gasteiger partial charge >= 0.3 is 0 Å². The van der Waals surface area contributed by atoms with Crippen molar-refractivity contribution in [1.29, 1.82) is 0 Å². The Morgan fingerprint density at radius 2 is 2.14 bits per heavy atom. The van der Waals surface area contributed by atoms with Gasteiger partial charge in [-0.05, 0) is 20.5 Å². The van der Waals surface area contributed by atoms with Gasteiger partial charge in [-0.25, -0.2) is 0 Å². The maximum atomic E-state index is 11.6. The highest BCUT2D eigenvalue weighted by Crippen LogP contribution is 2.38. The fourth-order valence-electron chi connectivity index (χ4n) is 2.77. The van der Waals surface area contributed by atoms with Gasteiger partial charge in [-0.2, -0.15) is 0 Å². The molecule has 0 saturated carbocycles. The van der Waals surface area contributed by atoms with Crippen molar-refractivity contribution in [2.75, 3.05) is 46.8 Å². The van der Waals surface area contributed by atoms with E-state index in [2.05, 4.69) is 17.3 Å². The average Bonchev–Trinajstić information content (AvgIpc) is 2.49. The van der Waals surface area contributed by atoms with E-state index in [9.17, 15) is 4.79 Å². The lowest BCUT2D eigenvalue weighted by molar-refractivity contribution is -0.130. The lowest BCUT2D eigenvalue weighted by Crippen LogP contribution is -2.55. The van der Waals surface area contributed by atoms with E-state index in [4.69, 9.17) is 0 Å². The highest BCUT2D eigenvalue weighted by molar-refractivity contribution is 5.78. The van der Waals surface area contributed by atoms with Crippen LogP contribution in [0.25, 0.3) is 0 Å². The first-order valence-corrected chi connectivity index (χ1v) is 5.26. The van der Waals surface area contributed by atoms with E-state index in [-0.39, 0.29) is 5.91 Å². The van der Waals surface area contributed by atoms with E-state index in [1.54, 1.807) is 0 Å². The van der Waals surface area contributed by atoms with Crippen LogP contribution in [-0.2, 0) is 4.79 Å². The number of likely N-dealkylation sites (N-methyl/N-ethyl adjacent to an activating group) is 1. The molecule has 2 rings (SSSR count). The third-order valence-corrected chi connectivity index (χ3v) is 3.33. The van der Waals surface area contributed by atoms with Crippen LogP contribution in [0, 0.1) is 5.41 Å². The van der Waals surface area contributed by atoms with Gasteiger partial charge in [-0.3, -0.25) is 4.79 Å². The predicted octanol–water partition coefficient (Wildman–Crippen LogP) is -0.630. The summed E-state index contributed by atoms with van der Waals surface area (Å²) in [6, 6.07) is 0. The molecule has 0 aromatic carbocycles. The molecule has 1 amide bonds. The monoisotopic (exact) mass is 197 g/mol. The summed E-state index contributed by atoms with van der Waals surface area (Å²) in [5.74, 6) is 0.249. The zero-order chi connectivity index (χ0) is 10.2. The van der Waals surface area contributed by atoms with Gasteiger partial charge in [-0.15, -0.1) is 0 Å². The molecule has 0 atom stereocenters. The van der Waals surface area contributed by atoms with E-state index < -0.39 is 0 Å². The standard InChI is InChI=1S/C10H19N3O/c1-11-5-9(14)13-4-3-10(8-13)6-12(2)7-10/h11H,3-8H2,1-2H3. The molecule has 2 saturated heterocycles. The molecule has 0 radical (unpaired) electrons. The average molecular weight is 197 g/mol. The van der Waals surface area contributed by atoms with Gasteiger partial charge in [0.2, 0.25) is 5.91 Å². The molecule has 14 heavy (non-hydrogen) atoms. The molecule has 1 spiro atoms. The molecule has 4 nitrogen and oxygen atoms in total. The summed E-state index contributed by atoms with van der Waals surface area (Å²) in [6.45, 7) is 4.73. The van der Waals surface area contributed by atoms with Crippen LogP contribution in [0.1, 0.15) is 6.42 Å². The molecule has 0 unspecified atom stereocenters. The maximum absolute atomic E-state index is 11.6. The number of carbonyl (C=O) groups is 1. The quantitative estimate of drug-likeness (QED) is 0.640. The third-order valence-electron chi connectivity index (χ3n) is 3.33. The molecule has 2 fully saturated rings. The van der Waals surface area contributed by atoms with E-state index >= 15 is 0 Å². The van der Waals surface area contributed by atoms with Gasteiger partial charge in [0.05, 0.1) is 6.54 Å². The van der Waals surface area contributed by atoms with Crippen LogP contribution in [0.2, 0.25) is 0 Å². The number of rotatable bonds is 2. The summed E-state index contributed by atoms with van der Waals surface area (Å²) >= 11 is 0. The van der Waals surface area contributed by atoms with Crippen molar-refractivity contribution in [3.63, 3.8) is 0 Å². The van der Waals surface area contributed by atoms with Crippen molar-refractivity contribution in [3.05, 3.63) is 0 Å². The van der Waals surface area contributed by atoms with Crippen LogP contribution in [0.15, 0.2) is 0 Å². The molecule has 0 aromatic heterocycles. The van der Waals surface area contributed by atoms with Gasteiger partial charge in [0.15, 0.2) is 0 Å². The number of nitrogens with one attached hydrogen (secondary N) is 1. The number of likely N-dealkylation sites (tertiary alicyclic amines) is 2. The van der Waals surface area contributed by atoms with Crippen LogP contribution in [0.4, 0.5) is 0 Å². The smallest absolute Gasteiger partial charge is 0.236 e. The SMILES string of the molecule is CNCC(=O)N1CCC2(CN(C)C2)C1. The van der Waals surface area contributed by atoms with Crippen molar-refractivity contribution in [2.24, 2.45) is 5.41 Å². The zero-order valence-electron chi connectivity index (χ0n) is 9.05. The van der Waals surface area contributed by atoms with Crippen LogP contribution < -0.4 is 5.32 Å². The van der Waals surface area contributed by atoms with Gasteiger partial charge in [0.1, 0.15) is 0 Å². The van der Waals surface area contributed by atoms with E-state index in [1.165, 1.54) is 6.42 Å². The Morgan fingerprint density at radius 1 is 1.43 bits per heavy atom. The summed E-state index contributed by atoms with van der Waals surface area (Å²) < 4.78 is 0. The molecule has 80 valence electrons. The van der Waals surface area contributed by atoms with Gasteiger partial charge in [0, 0.05) is 31.6 Å². The molecular formula is C10H19N3O.